The van der Waals surface area contributed by atoms with Crippen molar-refractivity contribution >= 4 is 35.4 Å². The van der Waals surface area contributed by atoms with Crippen LogP contribution in [0.25, 0.3) is 0 Å². The molecule has 0 bridgehead atoms. The van der Waals surface area contributed by atoms with Crippen molar-refractivity contribution in [3.63, 3.8) is 0 Å². The fraction of sp³-hybridized carbons (Fsp3) is 0.625. The van der Waals surface area contributed by atoms with Crippen molar-refractivity contribution in [1.82, 2.24) is 21.3 Å². The number of nitrogens with two attached hydrogens (primary N) is 2. The summed E-state index contributed by atoms with van der Waals surface area (Å²) in [5.41, 5.74) is 10.4. The van der Waals surface area contributed by atoms with Crippen molar-refractivity contribution in [3.8, 4) is 0 Å². The number of carbonyl (C=O) groups is 5. The fourth-order valence-corrected chi connectivity index (χ4v) is 5.11. The van der Waals surface area contributed by atoms with Crippen LogP contribution in [0, 0.1) is 11.8 Å². The Labute approximate surface area is 260 Å². The number of hydrogen-bond acceptors (Lipinski definition) is 6. The molecule has 0 radical (unpaired) electrons. The van der Waals surface area contributed by atoms with Gasteiger partial charge in [-0.25, -0.2) is 0 Å². The maximum atomic E-state index is 13.8. The molecule has 0 aromatic heterocycles. The number of guanidine groups is 1. The predicted molar refractivity (Wildman–Crippen MR) is 170 cm³/mol. The molecule has 2 rings (SSSR count). The van der Waals surface area contributed by atoms with Crippen molar-refractivity contribution in [2.45, 2.75) is 103 Å². The van der Waals surface area contributed by atoms with E-state index >= 15 is 0 Å². The third-order valence-electron chi connectivity index (χ3n) is 7.97. The number of aliphatic imine (C=N–C) groups is 1. The first-order chi connectivity index (χ1) is 20.9. The number of nitrogens with zero attached hydrogens (tertiary/aromatic N) is 1. The molecule has 0 spiro atoms. The molecule has 1 saturated heterocycles. The average molecular weight is 614 g/mol. The van der Waals surface area contributed by atoms with Gasteiger partial charge in [0.1, 0.15) is 12.1 Å². The van der Waals surface area contributed by atoms with Gasteiger partial charge >= 0.3 is 0 Å². The lowest BCUT2D eigenvalue weighted by molar-refractivity contribution is -0.137. The summed E-state index contributed by atoms with van der Waals surface area (Å²) < 4.78 is 0. The van der Waals surface area contributed by atoms with Crippen molar-refractivity contribution in [3.05, 3.63) is 35.9 Å². The third kappa shape index (κ3) is 11.6. The zero-order chi connectivity index (χ0) is 32.7. The molecule has 4 atom stereocenters. The van der Waals surface area contributed by atoms with Gasteiger partial charge in [0.15, 0.2) is 11.7 Å². The predicted octanol–water partition coefficient (Wildman–Crippen LogP) is 1.98. The maximum Gasteiger partial charge on any atom is 0.247 e. The molecular weight excluding hydrogens is 562 g/mol. The summed E-state index contributed by atoms with van der Waals surface area (Å²) in [5.74, 6) is -2.98. The highest BCUT2D eigenvalue weighted by Gasteiger charge is 2.38. The van der Waals surface area contributed by atoms with Gasteiger partial charge in [-0.15, -0.1) is 0 Å². The van der Waals surface area contributed by atoms with E-state index in [9.17, 15) is 24.0 Å². The van der Waals surface area contributed by atoms with Gasteiger partial charge in [-0.2, -0.15) is 0 Å². The summed E-state index contributed by atoms with van der Waals surface area (Å²) in [4.78, 5) is 70.9. The maximum absolute atomic E-state index is 13.8. The highest BCUT2D eigenvalue weighted by molar-refractivity contribution is 5.97. The zero-order valence-electron chi connectivity index (χ0n) is 26.6. The van der Waals surface area contributed by atoms with Crippen LogP contribution in [-0.4, -0.2) is 60.0 Å². The van der Waals surface area contributed by atoms with E-state index in [1.54, 1.807) is 52.0 Å². The van der Waals surface area contributed by atoms with Crippen molar-refractivity contribution in [2.24, 2.45) is 28.3 Å². The molecule has 1 aromatic carbocycles. The number of hydrogen-bond donors (Lipinski definition) is 6. The minimum absolute atomic E-state index is 0.0704. The Balaban J connectivity index is 2.39. The largest absolute Gasteiger partial charge is 0.370 e. The lowest BCUT2D eigenvalue weighted by Gasteiger charge is -2.32. The van der Waals surface area contributed by atoms with Gasteiger partial charge in [-0.1, -0.05) is 70.4 Å². The molecule has 1 aliphatic rings. The minimum Gasteiger partial charge on any atom is -0.370 e. The Morgan fingerprint density at radius 1 is 1.00 bits per heavy atom. The Morgan fingerprint density at radius 2 is 1.68 bits per heavy atom. The number of carbonyl (C=O) groups excluding carboxylic acids is 5. The summed E-state index contributed by atoms with van der Waals surface area (Å²) in [6.45, 7) is 7.69. The van der Waals surface area contributed by atoms with Gasteiger partial charge in [0.2, 0.25) is 23.6 Å². The van der Waals surface area contributed by atoms with E-state index in [0.29, 0.717) is 31.4 Å². The van der Waals surface area contributed by atoms with Crippen LogP contribution < -0.4 is 32.7 Å². The lowest BCUT2D eigenvalue weighted by Crippen LogP contribution is -2.55. The highest BCUT2D eigenvalue weighted by Crippen LogP contribution is 2.24. The lowest BCUT2D eigenvalue weighted by atomic mass is 9.82. The van der Waals surface area contributed by atoms with Crippen LogP contribution in [0.2, 0.25) is 0 Å². The van der Waals surface area contributed by atoms with E-state index in [2.05, 4.69) is 26.3 Å². The van der Waals surface area contributed by atoms with Gasteiger partial charge in [0, 0.05) is 31.3 Å². The minimum atomic E-state index is -1.16. The Hall–Kier alpha value is -3.96. The van der Waals surface area contributed by atoms with Crippen molar-refractivity contribution in [1.29, 1.82) is 0 Å². The Bertz CT molecular complexity index is 1150. The van der Waals surface area contributed by atoms with Crippen molar-refractivity contribution in [2.75, 3.05) is 13.1 Å². The van der Waals surface area contributed by atoms with Gasteiger partial charge in [-0.3, -0.25) is 29.0 Å². The SMILES string of the molecule is CC[C@@H]1NC(=O)[C@H](CCCN=C(N)N)CC(=O)[C@](C)(NC(=O)C(C)C)CCCCCCNC(=O)[C@H](c2ccccc2)NC1=O. The first-order valence-electron chi connectivity index (χ1n) is 15.7. The van der Waals surface area contributed by atoms with E-state index in [4.69, 9.17) is 11.5 Å². The third-order valence-corrected chi connectivity index (χ3v) is 7.97. The standard InChI is InChI=1S/C32H51N7O5/c1-5-24-29(43)38-26(22-14-9-8-10-15-22)30(44)35-18-12-7-6-11-17-32(4,39-27(41)21(2)3)25(40)20-23(28(42)37-24)16-13-19-36-31(33)34/h8-10,14-15,21,23-24,26H,5-7,11-13,16-20H2,1-4H3,(H,35,44)(H,37,42)(H,38,43)(H,39,41)(H4,33,34,36)/t23-,24+,26+,32-/m1/s1. The molecule has 44 heavy (non-hydrogen) atoms. The molecule has 8 N–H and O–H groups in total. The Kier molecular flexibility index (Phi) is 14.8. The summed E-state index contributed by atoms with van der Waals surface area (Å²) in [7, 11) is 0. The second-order valence-electron chi connectivity index (χ2n) is 12.0. The molecule has 1 aromatic rings. The van der Waals surface area contributed by atoms with Gasteiger partial charge in [0.25, 0.3) is 0 Å². The molecule has 0 saturated carbocycles. The van der Waals surface area contributed by atoms with Crippen LogP contribution in [0.3, 0.4) is 0 Å². The number of amides is 4. The zero-order valence-corrected chi connectivity index (χ0v) is 26.6. The average Bonchev–Trinajstić information content (AvgIpc) is 2.98. The van der Waals surface area contributed by atoms with Crippen molar-refractivity contribution < 1.29 is 24.0 Å². The topological polar surface area (TPSA) is 198 Å². The van der Waals surface area contributed by atoms with Crippen LogP contribution in [0.4, 0.5) is 0 Å². The van der Waals surface area contributed by atoms with E-state index in [1.165, 1.54) is 0 Å². The summed E-state index contributed by atoms with van der Waals surface area (Å²) in [6, 6.07) is 7.07. The van der Waals surface area contributed by atoms with E-state index in [-0.39, 0.29) is 55.3 Å². The first-order valence-corrected chi connectivity index (χ1v) is 15.7. The van der Waals surface area contributed by atoms with Crippen LogP contribution >= 0.6 is 0 Å². The summed E-state index contributed by atoms with van der Waals surface area (Å²) in [6.07, 6.45) is 4.25. The van der Waals surface area contributed by atoms with Gasteiger partial charge in [-0.05, 0) is 44.6 Å². The molecule has 12 heteroatoms. The molecule has 1 heterocycles. The Morgan fingerprint density at radius 3 is 2.32 bits per heavy atom. The summed E-state index contributed by atoms with van der Waals surface area (Å²) in [5, 5.41) is 11.5. The molecule has 244 valence electrons. The molecule has 0 unspecified atom stereocenters. The first kappa shape index (κ1) is 36.2. The van der Waals surface area contributed by atoms with E-state index < -0.39 is 35.4 Å². The van der Waals surface area contributed by atoms with E-state index in [0.717, 1.165) is 19.3 Å². The van der Waals surface area contributed by atoms with Crippen LogP contribution in [0.5, 0.6) is 0 Å². The fourth-order valence-electron chi connectivity index (χ4n) is 5.11. The smallest absolute Gasteiger partial charge is 0.247 e. The van der Waals surface area contributed by atoms with Gasteiger partial charge < -0.3 is 32.7 Å². The number of benzene rings is 1. The second-order valence-corrected chi connectivity index (χ2v) is 12.0. The van der Waals surface area contributed by atoms with Crippen LogP contribution in [0.1, 0.15) is 97.1 Å². The number of Topliss-reactive ketones (excluding diaryl/α,β-unsaturated/α-hetero) is 1. The molecule has 1 aliphatic heterocycles. The quantitative estimate of drug-likeness (QED) is 0.146. The van der Waals surface area contributed by atoms with Crippen LogP contribution in [0.15, 0.2) is 35.3 Å². The van der Waals surface area contributed by atoms with Gasteiger partial charge in [0.05, 0.1) is 5.54 Å². The number of nitrogens with one attached hydrogen (secondary N) is 4. The molecule has 1 fully saturated rings. The highest BCUT2D eigenvalue weighted by atomic mass is 16.2. The molecule has 0 aliphatic carbocycles. The normalized spacial score (nSPS) is 24.7. The number of ketones is 1. The molecule has 4 amide bonds. The molecular formula is C32H51N7O5. The monoisotopic (exact) mass is 613 g/mol. The van der Waals surface area contributed by atoms with E-state index in [1.807, 2.05) is 6.07 Å². The summed E-state index contributed by atoms with van der Waals surface area (Å²) >= 11 is 0. The number of rotatable bonds is 8. The van der Waals surface area contributed by atoms with Crippen LogP contribution in [-0.2, 0) is 24.0 Å². The molecule has 12 nitrogen and oxygen atoms in total. The second kappa shape index (κ2) is 18.0.